The lowest BCUT2D eigenvalue weighted by molar-refractivity contribution is 0.599. The van der Waals surface area contributed by atoms with E-state index in [4.69, 9.17) is 5.73 Å². The molecule has 0 radical (unpaired) electrons. The Morgan fingerprint density at radius 3 is 2.88 bits per heavy atom. The Balaban J connectivity index is 2.16. The number of nitrogens with two attached hydrogens (primary N) is 1. The van der Waals surface area contributed by atoms with Gasteiger partial charge in [0.1, 0.15) is 11.6 Å². The molecule has 0 aliphatic rings. The third kappa shape index (κ3) is 3.24. The van der Waals surface area contributed by atoms with Crippen LogP contribution in [-0.4, -0.2) is 15.9 Å². The summed E-state index contributed by atoms with van der Waals surface area (Å²) >= 11 is 2.58. The second kappa shape index (κ2) is 5.57. The number of nitrogens with zero attached hydrogens (tertiary/aromatic N) is 2. The van der Waals surface area contributed by atoms with E-state index in [1.54, 1.807) is 6.07 Å². The standard InChI is InChI=1S/C11H12FN3S2/c1-7-14-11(17-15-7)16-10-3-2-8(4-5-13)6-9(10)12/h2-3,6H,4-5,13H2,1H3. The molecule has 90 valence electrons. The van der Waals surface area contributed by atoms with Crippen molar-refractivity contribution < 1.29 is 4.39 Å². The van der Waals surface area contributed by atoms with Gasteiger partial charge in [0.15, 0.2) is 4.34 Å². The minimum absolute atomic E-state index is 0.228. The molecule has 2 aromatic rings. The molecule has 1 aromatic heterocycles. The predicted molar refractivity (Wildman–Crippen MR) is 67.9 cm³/mol. The Hall–Kier alpha value is -0.980. The fourth-order valence-corrected chi connectivity index (χ4v) is 2.98. The molecule has 0 aliphatic carbocycles. The van der Waals surface area contributed by atoms with E-state index >= 15 is 0 Å². The van der Waals surface area contributed by atoms with Crippen LogP contribution in [0.3, 0.4) is 0 Å². The number of benzene rings is 1. The van der Waals surface area contributed by atoms with Crippen molar-refractivity contribution in [2.24, 2.45) is 5.73 Å². The lowest BCUT2D eigenvalue weighted by Gasteiger charge is -2.03. The molecule has 0 fully saturated rings. The number of rotatable bonds is 4. The van der Waals surface area contributed by atoms with Crippen LogP contribution in [0.25, 0.3) is 0 Å². The molecule has 1 heterocycles. The van der Waals surface area contributed by atoms with Gasteiger partial charge in [0.25, 0.3) is 0 Å². The van der Waals surface area contributed by atoms with Crippen molar-refractivity contribution in [1.82, 2.24) is 9.36 Å². The maximum atomic E-state index is 13.8. The van der Waals surface area contributed by atoms with Gasteiger partial charge < -0.3 is 5.73 Å². The van der Waals surface area contributed by atoms with Crippen molar-refractivity contribution >= 4 is 23.3 Å². The Bertz CT molecular complexity index is 513. The molecule has 3 nitrogen and oxygen atoms in total. The van der Waals surface area contributed by atoms with E-state index in [-0.39, 0.29) is 5.82 Å². The van der Waals surface area contributed by atoms with Gasteiger partial charge in [-0.05, 0) is 49.1 Å². The number of aryl methyl sites for hydroxylation is 1. The monoisotopic (exact) mass is 269 g/mol. The summed E-state index contributed by atoms with van der Waals surface area (Å²) in [6, 6.07) is 5.19. The average Bonchev–Trinajstić information content (AvgIpc) is 2.69. The quantitative estimate of drug-likeness (QED) is 0.927. The van der Waals surface area contributed by atoms with Gasteiger partial charge in [-0.25, -0.2) is 9.37 Å². The molecule has 0 aliphatic heterocycles. The van der Waals surface area contributed by atoms with Crippen molar-refractivity contribution in [2.75, 3.05) is 6.54 Å². The first-order chi connectivity index (χ1) is 8.19. The fourth-order valence-electron chi connectivity index (χ4n) is 1.36. The van der Waals surface area contributed by atoms with Gasteiger partial charge in [-0.3, -0.25) is 0 Å². The third-order valence-corrected chi connectivity index (χ3v) is 4.03. The molecule has 0 bridgehead atoms. The van der Waals surface area contributed by atoms with Crippen LogP contribution >= 0.6 is 23.3 Å². The first-order valence-electron chi connectivity index (χ1n) is 5.15. The van der Waals surface area contributed by atoms with Crippen molar-refractivity contribution in [3.8, 4) is 0 Å². The minimum Gasteiger partial charge on any atom is -0.330 e. The normalized spacial score (nSPS) is 10.8. The summed E-state index contributed by atoms with van der Waals surface area (Å²) in [4.78, 5) is 4.76. The topological polar surface area (TPSA) is 51.8 Å². The summed E-state index contributed by atoms with van der Waals surface area (Å²) in [5.41, 5.74) is 6.35. The molecule has 0 spiro atoms. The molecular weight excluding hydrogens is 257 g/mol. The highest BCUT2D eigenvalue weighted by Gasteiger charge is 2.08. The number of aromatic nitrogens is 2. The maximum absolute atomic E-state index is 13.8. The van der Waals surface area contributed by atoms with Crippen LogP contribution in [0.4, 0.5) is 4.39 Å². The highest BCUT2D eigenvalue weighted by molar-refractivity contribution is 8.01. The van der Waals surface area contributed by atoms with Gasteiger partial charge in [0, 0.05) is 0 Å². The van der Waals surface area contributed by atoms with Crippen LogP contribution in [0.15, 0.2) is 27.4 Å². The van der Waals surface area contributed by atoms with E-state index in [0.717, 1.165) is 15.7 Å². The van der Waals surface area contributed by atoms with Gasteiger partial charge in [-0.15, -0.1) is 0 Å². The summed E-state index contributed by atoms with van der Waals surface area (Å²) in [6.07, 6.45) is 0.694. The van der Waals surface area contributed by atoms with Crippen molar-refractivity contribution in [3.05, 3.63) is 35.4 Å². The molecule has 2 N–H and O–H groups in total. The minimum atomic E-state index is -0.228. The Morgan fingerprint density at radius 2 is 2.29 bits per heavy atom. The molecule has 0 unspecified atom stereocenters. The number of halogens is 1. The van der Waals surface area contributed by atoms with Gasteiger partial charge in [0.2, 0.25) is 0 Å². The molecule has 0 saturated heterocycles. The summed E-state index contributed by atoms with van der Waals surface area (Å²) in [5, 5.41) is 0. The lowest BCUT2D eigenvalue weighted by atomic mass is 10.1. The second-order valence-electron chi connectivity index (χ2n) is 3.51. The zero-order valence-electron chi connectivity index (χ0n) is 9.31. The summed E-state index contributed by atoms with van der Waals surface area (Å²) in [7, 11) is 0. The van der Waals surface area contributed by atoms with Gasteiger partial charge in [0.05, 0.1) is 4.90 Å². The lowest BCUT2D eigenvalue weighted by Crippen LogP contribution is -2.02. The van der Waals surface area contributed by atoms with E-state index < -0.39 is 0 Å². The van der Waals surface area contributed by atoms with Crippen LogP contribution in [0.1, 0.15) is 11.4 Å². The molecular formula is C11H12FN3S2. The molecule has 1 aromatic carbocycles. The highest BCUT2D eigenvalue weighted by atomic mass is 32.2. The largest absolute Gasteiger partial charge is 0.330 e. The van der Waals surface area contributed by atoms with Crippen molar-refractivity contribution in [2.45, 2.75) is 22.6 Å². The molecule has 0 atom stereocenters. The van der Waals surface area contributed by atoms with Gasteiger partial charge in [-0.1, -0.05) is 17.8 Å². The zero-order valence-corrected chi connectivity index (χ0v) is 10.9. The first kappa shape index (κ1) is 12.5. The van der Waals surface area contributed by atoms with E-state index in [1.165, 1.54) is 29.4 Å². The van der Waals surface area contributed by atoms with E-state index in [9.17, 15) is 4.39 Å². The summed E-state index contributed by atoms with van der Waals surface area (Å²) in [6.45, 7) is 2.35. The van der Waals surface area contributed by atoms with Crippen LogP contribution in [-0.2, 0) is 6.42 Å². The van der Waals surface area contributed by atoms with Crippen LogP contribution in [0.5, 0.6) is 0 Å². The molecule has 0 saturated carbocycles. The fraction of sp³-hybridized carbons (Fsp3) is 0.273. The molecule has 6 heteroatoms. The van der Waals surface area contributed by atoms with E-state index in [2.05, 4.69) is 9.36 Å². The number of hydrogen-bond acceptors (Lipinski definition) is 5. The van der Waals surface area contributed by atoms with Crippen molar-refractivity contribution in [3.63, 3.8) is 0 Å². The first-order valence-corrected chi connectivity index (χ1v) is 6.74. The molecule has 17 heavy (non-hydrogen) atoms. The van der Waals surface area contributed by atoms with Crippen LogP contribution in [0, 0.1) is 12.7 Å². The van der Waals surface area contributed by atoms with Crippen LogP contribution in [0.2, 0.25) is 0 Å². The van der Waals surface area contributed by atoms with E-state index in [1.807, 2.05) is 13.0 Å². The highest BCUT2D eigenvalue weighted by Crippen LogP contribution is 2.31. The van der Waals surface area contributed by atoms with Crippen LogP contribution < -0.4 is 5.73 Å². The zero-order chi connectivity index (χ0) is 12.3. The SMILES string of the molecule is Cc1nsc(Sc2ccc(CCN)cc2F)n1. The smallest absolute Gasteiger partial charge is 0.174 e. The number of hydrogen-bond donors (Lipinski definition) is 1. The Kier molecular flexibility index (Phi) is 4.09. The van der Waals surface area contributed by atoms with E-state index in [0.29, 0.717) is 17.9 Å². The second-order valence-corrected chi connectivity index (χ2v) is 5.55. The maximum Gasteiger partial charge on any atom is 0.174 e. The van der Waals surface area contributed by atoms with Gasteiger partial charge >= 0.3 is 0 Å². The molecule has 2 rings (SSSR count). The Labute approximate surface area is 107 Å². The molecule has 0 amide bonds. The third-order valence-electron chi connectivity index (χ3n) is 2.14. The Morgan fingerprint density at radius 1 is 1.47 bits per heavy atom. The summed E-state index contributed by atoms with van der Waals surface area (Å²) < 4.78 is 18.6. The summed E-state index contributed by atoms with van der Waals surface area (Å²) in [5.74, 6) is 0.492. The predicted octanol–water partition coefficient (Wildman–Crippen LogP) is 2.64. The van der Waals surface area contributed by atoms with Gasteiger partial charge in [-0.2, -0.15) is 4.37 Å². The average molecular weight is 269 g/mol. The van der Waals surface area contributed by atoms with Crippen molar-refractivity contribution in [1.29, 1.82) is 0 Å².